The number of carbonyl (C=O) groups excluding carboxylic acids is 1. The molecule has 1 aliphatic rings. The van der Waals surface area contributed by atoms with Gasteiger partial charge >= 0.3 is 6.09 Å². The Kier molecular flexibility index (Phi) is 5.93. The highest BCUT2D eigenvalue weighted by Gasteiger charge is 2.25. The van der Waals surface area contributed by atoms with E-state index >= 15 is 0 Å². The van der Waals surface area contributed by atoms with Crippen LogP contribution in [0.4, 0.5) is 4.79 Å². The molecule has 1 aromatic carbocycles. The Bertz CT molecular complexity index is 1000. The standard InChI is InChI=1S/C24H29N3O3/c1-17(2)16-29-24(28)26-13-10-21(11-14-26)30-20-6-4-19(5-7-20)22-8-9-23-25-12-15-27(23)18(22)3/h4-9,12,15,17,21H,10-11,13-14,16H2,1-3H3. The minimum Gasteiger partial charge on any atom is -0.490 e. The quantitative estimate of drug-likeness (QED) is 0.601. The number of carbonyl (C=O) groups is 1. The maximum atomic E-state index is 12.1. The lowest BCUT2D eigenvalue weighted by molar-refractivity contribution is 0.0618. The van der Waals surface area contributed by atoms with Gasteiger partial charge in [0.1, 0.15) is 17.5 Å². The van der Waals surface area contributed by atoms with Gasteiger partial charge in [0.2, 0.25) is 0 Å². The van der Waals surface area contributed by atoms with Crippen molar-refractivity contribution in [3.8, 4) is 16.9 Å². The molecule has 0 spiro atoms. The highest BCUT2D eigenvalue weighted by molar-refractivity contribution is 5.69. The molecule has 1 amide bonds. The van der Waals surface area contributed by atoms with Gasteiger partial charge < -0.3 is 18.8 Å². The fourth-order valence-electron chi connectivity index (χ4n) is 3.83. The van der Waals surface area contributed by atoms with Gasteiger partial charge in [-0.2, -0.15) is 0 Å². The van der Waals surface area contributed by atoms with Crippen molar-refractivity contribution in [2.24, 2.45) is 5.92 Å². The molecule has 30 heavy (non-hydrogen) atoms. The van der Waals surface area contributed by atoms with Crippen molar-refractivity contribution in [3.63, 3.8) is 0 Å². The molecule has 0 radical (unpaired) electrons. The van der Waals surface area contributed by atoms with Crippen LogP contribution < -0.4 is 4.74 Å². The zero-order valence-electron chi connectivity index (χ0n) is 17.9. The molecule has 0 N–H and O–H groups in total. The molecule has 3 aromatic rings. The van der Waals surface area contributed by atoms with Crippen molar-refractivity contribution < 1.29 is 14.3 Å². The Labute approximate surface area is 177 Å². The molecule has 158 valence electrons. The number of fused-ring (bicyclic) bond motifs is 1. The summed E-state index contributed by atoms with van der Waals surface area (Å²) in [6.07, 6.45) is 5.34. The van der Waals surface area contributed by atoms with E-state index in [-0.39, 0.29) is 12.2 Å². The lowest BCUT2D eigenvalue weighted by Crippen LogP contribution is -2.42. The van der Waals surface area contributed by atoms with Gasteiger partial charge in [0.25, 0.3) is 0 Å². The summed E-state index contributed by atoms with van der Waals surface area (Å²) in [7, 11) is 0. The highest BCUT2D eigenvalue weighted by atomic mass is 16.6. The number of piperidine rings is 1. The third-order valence-corrected chi connectivity index (χ3v) is 5.53. The fourth-order valence-corrected chi connectivity index (χ4v) is 3.83. The van der Waals surface area contributed by atoms with Gasteiger partial charge in [-0.3, -0.25) is 0 Å². The summed E-state index contributed by atoms with van der Waals surface area (Å²) >= 11 is 0. The Balaban J connectivity index is 1.34. The predicted octanol–water partition coefficient (Wildman–Crippen LogP) is 4.95. The maximum Gasteiger partial charge on any atom is 0.409 e. The number of rotatable bonds is 5. The topological polar surface area (TPSA) is 56.1 Å². The summed E-state index contributed by atoms with van der Waals surface area (Å²) in [5.41, 5.74) is 4.45. The van der Waals surface area contributed by atoms with E-state index in [1.54, 1.807) is 4.90 Å². The van der Waals surface area contributed by atoms with E-state index < -0.39 is 0 Å². The summed E-state index contributed by atoms with van der Waals surface area (Å²) < 4.78 is 13.6. The van der Waals surface area contributed by atoms with E-state index in [0.29, 0.717) is 25.6 Å². The van der Waals surface area contributed by atoms with Crippen molar-refractivity contribution in [1.82, 2.24) is 14.3 Å². The molecule has 0 bridgehead atoms. The zero-order valence-corrected chi connectivity index (χ0v) is 17.9. The molecular weight excluding hydrogens is 378 g/mol. The minimum atomic E-state index is -0.211. The third-order valence-electron chi connectivity index (χ3n) is 5.53. The first-order valence-corrected chi connectivity index (χ1v) is 10.6. The monoisotopic (exact) mass is 407 g/mol. The maximum absolute atomic E-state index is 12.1. The average Bonchev–Trinajstić information content (AvgIpc) is 3.23. The largest absolute Gasteiger partial charge is 0.490 e. The number of hydrogen-bond acceptors (Lipinski definition) is 4. The predicted molar refractivity (Wildman–Crippen MR) is 117 cm³/mol. The molecule has 0 unspecified atom stereocenters. The summed E-state index contributed by atoms with van der Waals surface area (Å²) in [6, 6.07) is 12.4. The van der Waals surface area contributed by atoms with E-state index in [2.05, 4.69) is 34.5 Å². The van der Waals surface area contributed by atoms with Crippen LogP contribution in [-0.4, -0.2) is 46.2 Å². The van der Waals surface area contributed by atoms with Gasteiger partial charge in [-0.15, -0.1) is 0 Å². The lowest BCUT2D eigenvalue weighted by Gasteiger charge is -2.31. The van der Waals surface area contributed by atoms with Crippen LogP contribution in [0.15, 0.2) is 48.8 Å². The number of amides is 1. The van der Waals surface area contributed by atoms with Gasteiger partial charge in [0.05, 0.1) is 6.61 Å². The summed E-state index contributed by atoms with van der Waals surface area (Å²) in [5, 5.41) is 0. The first kappa shape index (κ1) is 20.3. The van der Waals surface area contributed by atoms with Crippen LogP contribution in [0, 0.1) is 12.8 Å². The van der Waals surface area contributed by atoms with Gasteiger partial charge in [0.15, 0.2) is 0 Å². The molecule has 0 atom stereocenters. The SMILES string of the molecule is Cc1c(-c2ccc(OC3CCN(C(=O)OCC(C)C)CC3)cc2)ccc2nccn12. The smallest absolute Gasteiger partial charge is 0.409 e. The Hall–Kier alpha value is -3.02. The normalized spacial score (nSPS) is 15.0. The number of benzene rings is 1. The summed E-state index contributed by atoms with van der Waals surface area (Å²) in [5.74, 6) is 1.21. The van der Waals surface area contributed by atoms with Crippen molar-refractivity contribution in [2.45, 2.75) is 39.7 Å². The fraction of sp³-hybridized carbons (Fsp3) is 0.417. The lowest BCUT2D eigenvalue weighted by atomic mass is 10.0. The molecule has 4 rings (SSSR count). The van der Waals surface area contributed by atoms with Gasteiger partial charge in [0, 0.05) is 49.6 Å². The number of aromatic nitrogens is 2. The molecule has 3 heterocycles. The first-order valence-electron chi connectivity index (χ1n) is 10.6. The average molecular weight is 408 g/mol. The summed E-state index contributed by atoms with van der Waals surface area (Å²) in [6.45, 7) is 7.99. The van der Waals surface area contributed by atoms with Crippen LogP contribution >= 0.6 is 0 Å². The van der Waals surface area contributed by atoms with E-state index in [1.807, 2.05) is 44.4 Å². The second kappa shape index (κ2) is 8.78. The van der Waals surface area contributed by atoms with Gasteiger partial charge in [-0.1, -0.05) is 26.0 Å². The van der Waals surface area contributed by atoms with Crippen molar-refractivity contribution >= 4 is 11.7 Å². The Morgan fingerprint density at radius 1 is 1.13 bits per heavy atom. The second-order valence-corrected chi connectivity index (χ2v) is 8.29. The van der Waals surface area contributed by atoms with E-state index in [4.69, 9.17) is 9.47 Å². The van der Waals surface area contributed by atoms with Gasteiger partial charge in [-0.25, -0.2) is 9.78 Å². The molecular formula is C24H29N3O3. The third kappa shape index (κ3) is 4.42. The molecule has 2 aromatic heterocycles. The number of pyridine rings is 1. The molecule has 1 aliphatic heterocycles. The number of imidazole rings is 1. The Morgan fingerprint density at radius 2 is 1.87 bits per heavy atom. The molecule has 6 nitrogen and oxygen atoms in total. The summed E-state index contributed by atoms with van der Waals surface area (Å²) in [4.78, 5) is 18.2. The van der Waals surface area contributed by atoms with Crippen LogP contribution in [0.1, 0.15) is 32.4 Å². The number of nitrogens with zero attached hydrogens (tertiary/aromatic N) is 3. The van der Waals surface area contributed by atoms with Crippen LogP contribution in [0.3, 0.4) is 0 Å². The van der Waals surface area contributed by atoms with E-state index in [9.17, 15) is 4.79 Å². The van der Waals surface area contributed by atoms with E-state index in [1.165, 1.54) is 5.56 Å². The number of aryl methyl sites for hydroxylation is 1. The van der Waals surface area contributed by atoms with Crippen LogP contribution in [-0.2, 0) is 4.74 Å². The second-order valence-electron chi connectivity index (χ2n) is 8.29. The zero-order chi connectivity index (χ0) is 21.1. The van der Waals surface area contributed by atoms with Crippen molar-refractivity contribution in [1.29, 1.82) is 0 Å². The van der Waals surface area contributed by atoms with Gasteiger partial charge in [-0.05, 0) is 42.7 Å². The highest BCUT2D eigenvalue weighted by Crippen LogP contribution is 2.27. The van der Waals surface area contributed by atoms with Crippen molar-refractivity contribution in [3.05, 3.63) is 54.5 Å². The number of likely N-dealkylation sites (tertiary alicyclic amines) is 1. The number of hydrogen-bond donors (Lipinski definition) is 0. The molecule has 1 saturated heterocycles. The first-order chi connectivity index (χ1) is 14.5. The number of ether oxygens (including phenoxy) is 2. The Morgan fingerprint density at radius 3 is 2.57 bits per heavy atom. The van der Waals surface area contributed by atoms with E-state index in [0.717, 1.165) is 35.5 Å². The molecule has 0 saturated carbocycles. The minimum absolute atomic E-state index is 0.119. The molecule has 6 heteroatoms. The molecule has 1 fully saturated rings. The van der Waals surface area contributed by atoms with Crippen LogP contribution in [0.5, 0.6) is 5.75 Å². The van der Waals surface area contributed by atoms with Crippen molar-refractivity contribution in [2.75, 3.05) is 19.7 Å². The van der Waals surface area contributed by atoms with Crippen LogP contribution in [0.2, 0.25) is 0 Å². The molecule has 0 aliphatic carbocycles. The van der Waals surface area contributed by atoms with Crippen LogP contribution in [0.25, 0.3) is 16.8 Å².